The van der Waals surface area contributed by atoms with Gasteiger partial charge in [-0.25, -0.2) is 8.78 Å². The third-order valence-electron chi connectivity index (χ3n) is 4.73. The van der Waals surface area contributed by atoms with Crippen LogP contribution in [0.3, 0.4) is 0 Å². The van der Waals surface area contributed by atoms with Crippen molar-refractivity contribution in [3.63, 3.8) is 0 Å². The average Bonchev–Trinajstić information content (AvgIpc) is 3.11. The van der Waals surface area contributed by atoms with E-state index >= 15 is 0 Å². The number of halogens is 3. The largest absolute Gasteiger partial charge is 0.395 e. The van der Waals surface area contributed by atoms with Crippen molar-refractivity contribution >= 4 is 28.1 Å². The van der Waals surface area contributed by atoms with Crippen molar-refractivity contribution in [1.29, 1.82) is 0 Å². The zero-order valence-corrected chi connectivity index (χ0v) is 16.3. The van der Waals surface area contributed by atoms with Crippen LogP contribution >= 0.6 is 28.1 Å². The number of nitrogens with one attached hydrogen (secondary N) is 1. The highest BCUT2D eigenvalue weighted by atomic mass is 79.9. The summed E-state index contributed by atoms with van der Waals surface area (Å²) in [5.74, 6) is -1.32. The van der Waals surface area contributed by atoms with E-state index in [1.54, 1.807) is 0 Å². The first-order chi connectivity index (χ1) is 11.9. The molecule has 2 N–H and O–H groups in total. The highest BCUT2D eigenvalue weighted by Crippen LogP contribution is 2.36. The van der Waals surface area contributed by atoms with E-state index < -0.39 is 11.6 Å². The molecule has 0 spiro atoms. The molecule has 1 aromatic carbocycles. The highest BCUT2D eigenvalue weighted by molar-refractivity contribution is 9.10. The molecule has 2 aromatic rings. The Hall–Kier alpha value is -1.09. The minimum Gasteiger partial charge on any atom is -0.395 e. The second-order valence-corrected chi connectivity index (χ2v) is 7.64. The lowest BCUT2D eigenvalue weighted by atomic mass is 9.95. The Morgan fingerprint density at radius 3 is 2.88 bits per heavy atom. The van der Waals surface area contributed by atoms with Crippen LogP contribution in [0.5, 0.6) is 0 Å². The quantitative estimate of drug-likeness (QED) is 0.544. The summed E-state index contributed by atoms with van der Waals surface area (Å²) >= 11 is 8.52. The monoisotopic (exact) mass is 431 g/mol. The summed E-state index contributed by atoms with van der Waals surface area (Å²) in [6.45, 7) is 1.96. The number of likely N-dealkylation sites (N-methyl/N-ethyl adjacent to an activating group) is 1. The number of hydrogen-bond acceptors (Lipinski definition) is 3. The van der Waals surface area contributed by atoms with Crippen LogP contribution in [0.25, 0.3) is 0 Å². The van der Waals surface area contributed by atoms with E-state index in [9.17, 15) is 8.78 Å². The fraction of sp³-hybridized carbons (Fsp3) is 0.471. The van der Waals surface area contributed by atoms with Crippen LogP contribution in [0.15, 0.2) is 16.6 Å². The number of aromatic amines is 1. The highest BCUT2D eigenvalue weighted by Gasteiger charge is 2.31. The molecule has 3 rings (SSSR count). The maximum absolute atomic E-state index is 14.4. The molecule has 0 bridgehead atoms. The van der Waals surface area contributed by atoms with Crippen LogP contribution in [-0.4, -0.2) is 46.3 Å². The average molecular weight is 432 g/mol. The lowest BCUT2D eigenvalue weighted by Crippen LogP contribution is -2.24. The van der Waals surface area contributed by atoms with E-state index in [4.69, 9.17) is 17.3 Å². The van der Waals surface area contributed by atoms with Gasteiger partial charge in [0.25, 0.3) is 0 Å². The first-order valence-corrected chi connectivity index (χ1v) is 9.35. The Morgan fingerprint density at radius 1 is 1.40 bits per heavy atom. The zero-order valence-electron chi connectivity index (χ0n) is 13.9. The maximum Gasteiger partial charge on any atom is 0.177 e. The van der Waals surface area contributed by atoms with Crippen LogP contribution < -0.4 is 0 Å². The number of aliphatic hydroxyl groups excluding tert-OH is 1. The topological polar surface area (TPSA) is 44.2 Å². The van der Waals surface area contributed by atoms with Crippen LogP contribution in [-0.2, 0) is 19.4 Å². The molecule has 1 atom stereocenters. The fourth-order valence-corrected chi connectivity index (χ4v) is 4.05. The normalized spacial score (nSPS) is 16.6. The predicted molar refractivity (Wildman–Crippen MR) is 98.4 cm³/mol. The van der Waals surface area contributed by atoms with E-state index in [2.05, 4.69) is 20.9 Å². The molecule has 1 aromatic heterocycles. The molecule has 0 saturated heterocycles. The Labute approximate surface area is 158 Å². The van der Waals surface area contributed by atoms with Crippen LogP contribution in [0, 0.1) is 16.4 Å². The van der Waals surface area contributed by atoms with Crippen molar-refractivity contribution in [2.24, 2.45) is 0 Å². The SMILES string of the molecule is CN(CCO)CCc1[nH]c(=S)n2c1CC(c1c(F)ccc(Br)c1F)C2. The van der Waals surface area contributed by atoms with Crippen molar-refractivity contribution in [2.45, 2.75) is 25.3 Å². The Morgan fingerprint density at radius 2 is 2.16 bits per heavy atom. The van der Waals surface area contributed by atoms with Gasteiger partial charge in [-0.05, 0) is 53.7 Å². The molecule has 0 aliphatic carbocycles. The van der Waals surface area contributed by atoms with E-state index in [0.717, 1.165) is 24.4 Å². The first-order valence-electron chi connectivity index (χ1n) is 8.15. The minimum absolute atomic E-state index is 0.115. The zero-order chi connectivity index (χ0) is 18.1. The van der Waals surface area contributed by atoms with Crippen molar-refractivity contribution in [3.05, 3.63) is 50.0 Å². The predicted octanol–water partition coefficient (Wildman–Crippen LogP) is 3.39. The molecule has 1 aliphatic rings. The third-order valence-corrected chi connectivity index (χ3v) is 5.67. The van der Waals surface area contributed by atoms with Crippen molar-refractivity contribution in [3.8, 4) is 0 Å². The summed E-state index contributed by atoms with van der Waals surface area (Å²) in [4.78, 5) is 5.25. The molecular formula is C17H20BrF2N3OS. The molecule has 8 heteroatoms. The van der Waals surface area contributed by atoms with Gasteiger partial charge in [0.2, 0.25) is 0 Å². The maximum atomic E-state index is 14.4. The van der Waals surface area contributed by atoms with Gasteiger partial charge in [-0.2, -0.15) is 0 Å². The standard InChI is InChI=1S/C17H20BrF2N3OS/c1-22(6-7-24)5-4-13-14-8-10(9-23(14)17(25)21-13)15-12(19)3-2-11(18)16(15)20/h2-3,10,24H,4-9H2,1H3,(H,21,25). The van der Waals surface area contributed by atoms with Gasteiger partial charge in [-0.1, -0.05) is 0 Å². The molecule has 0 saturated carbocycles. The summed E-state index contributed by atoms with van der Waals surface area (Å²) in [6.07, 6.45) is 1.30. The smallest absolute Gasteiger partial charge is 0.177 e. The van der Waals surface area contributed by atoms with Gasteiger partial charge in [0.15, 0.2) is 4.77 Å². The van der Waals surface area contributed by atoms with Gasteiger partial charge >= 0.3 is 0 Å². The number of hydrogen-bond donors (Lipinski definition) is 2. The summed E-state index contributed by atoms with van der Waals surface area (Å²) in [5.41, 5.74) is 2.15. The van der Waals surface area contributed by atoms with E-state index in [1.165, 1.54) is 12.1 Å². The number of aliphatic hydroxyl groups is 1. The summed E-state index contributed by atoms with van der Waals surface area (Å²) < 4.78 is 31.5. The van der Waals surface area contributed by atoms with Gasteiger partial charge in [-0.15, -0.1) is 0 Å². The molecule has 2 heterocycles. The van der Waals surface area contributed by atoms with Crippen LogP contribution in [0.4, 0.5) is 8.78 Å². The molecule has 0 amide bonds. The number of nitrogens with zero attached hydrogens (tertiary/aromatic N) is 2. The Balaban J connectivity index is 1.83. The lowest BCUT2D eigenvalue weighted by Gasteiger charge is -2.15. The number of fused-ring (bicyclic) bond motifs is 1. The van der Waals surface area contributed by atoms with Crippen molar-refractivity contribution in [1.82, 2.24) is 14.5 Å². The Kier molecular flexibility index (Phi) is 5.72. The van der Waals surface area contributed by atoms with Gasteiger partial charge in [0, 0.05) is 48.9 Å². The molecular weight excluding hydrogens is 412 g/mol. The number of aromatic nitrogens is 2. The molecule has 1 aliphatic heterocycles. The lowest BCUT2D eigenvalue weighted by molar-refractivity contribution is 0.222. The van der Waals surface area contributed by atoms with Crippen LogP contribution in [0.1, 0.15) is 22.9 Å². The van der Waals surface area contributed by atoms with Gasteiger partial charge < -0.3 is 19.6 Å². The second-order valence-electron chi connectivity index (χ2n) is 6.40. The molecule has 136 valence electrons. The van der Waals surface area contributed by atoms with E-state index in [1.807, 2.05) is 16.5 Å². The Bertz CT molecular complexity index is 836. The van der Waals surface area contributed by atoms with E-state index in [0.29, 0.717) is 24.3 Å². The van der Waals surface area contributed by atoms with Crippen molar-refractivity contribution < 1.29 is 13.9 Å². The summed E-state index contributed by atoms with van der Waals surface area (Å²) in [6, 6.07) is 2.68. The number of rotatable bonds is 6. The molecule has 0 fully saturated rings. The number of imidazole rings is 1. The molecule has 1 unspecified atom stereocenters. The van der Waals surface area contributed by atoms with E-state index in [-0.39, 0.29) is 22.6 Å². The second kappa shape index (κ2) is 7.65. The minimum atomic E-state index is -0.533. The fourth-order valence-electron chi connectivity index (χ4n) is 3.40. The first kappa shape index (κ1) is 18.7. The van der Waals surface area contributed by atoms with Crippen LogP contribution in [0.2, 0.25) is 0 Å². The van der Waals surface area contributed by atoms with Gasteiger partial charge in [0.05, 0.1) is 11.1 Å². The molecule has 25 heavy (non-hydrogen) atoms. The molecule has 4 nitrogen and oxygen atoms in total. The van der Waals surface area contributed by atoms with Gasteiger partial charge in [-0.3, -0.25) is 0 Å². The third kappa shape index (κ3) is 3.72. The molecule has 0 radical (unpaired) electrons. The number of benzene rings is 1. The van der Waals surface area contributed by atoms with Gasteiger partial charge in [0.1, 0.15) is 11.6 Å². The van der Waals surface area contributed by atoms with Crippen molar-refractivity contribution in [2.75, 3.05) is 26.7 Å². The summed E-state index contributed by atoms with van der Waals surface area (Å²) in [7, 11) is 1.94. The summed E-state index contributed by atoms with van der Waals surface area (Å²) in [5, 5.41) is 8.98. The number of H-pyrrole nitrogens is 1.